The molecule has 0 amide bonds. The van der Waals surface area contributed by atoms with E-state index in [1.807, 2.05) is 56.3 Å². The number of aromatic nitrogens is 3. The third-order valence-corrected chi connectivity index (χ3v) is 11.4. The SMILES string of the molecule is [2H]C(C)(C)c1ccnc(-c2[c-]cccc2)c1.[Ir].[c-]1ccc2c(oc3cc4ccccc4cc32)c1-c1nc2cccc3c4ccccc4c4ccccc4c4ccccc4n1c23. The Labute approximate surface area is 362 Å². The minimum Gasteiger partial charge on any atom is -0.501 e. The van der Waals surface area contributed by atoms with E-state index in [1.54, 1.807) is 6.20 Å². The van der Waals surface area contributed by atoms with E-state index in [9.17, 15) is 0 Å². The minimum absolute atomic E-state index is 0. The first-order valence-corrected chi connectivity index (χ1v) is 19.9. The van der Waals surface area contributed by atoms with E-state index in [2.05, 4.69) is 155 Å². The summed E-state index contributed by atoms with van der Waals surface area (Å²) >= 11 is 0. The molecule has 0 aliphatic carbocycles. The van der Waals surface area contributed by atoms with Crippen LogP contribution >= 0.6 is 0 Å². The summed E-state index contributed by atoms with van der Waals surface area (Å²) in [6, 6.07) is 67.7. The first-order valence-electron chi connectivity index (χ1n) is 20.4. The fraction of sp³-hybridized carbons (Fsp3) is 0.0545. The third kappa shape index (κ3) is 6.26. The molecule has 0 fully saturated rings. The molecule has 0 saturated carbocycles. The first-order chi connectivity index (χ1) is 29.4. The summed E-state index contributed by atoms with van der Waals surface area (Å²) in [5, 5.41) is 11.6. The topological polar surface area (TPSA) is 43.3 Å². The van der Waals surface area contributed by atoms with Gasteiger partial charge in [0.05, 0.1) is 22.4 Å². The van der Waals surface area contributed by atoms with E-state index in [1.165, 1.54) is 26.9 Å². The molecule has 5 heteroatoms. The molecule has 4 heterocycles. The number of nitrogens with zero attached hydrogens (tertiary/aromatic N) is 3. The van der Waals surface area contributed by atoms with Crippen LogP contribution in [0.4, 0.5) is 0 Å². The zero-order chi connectivity index (χ0) is 40.4. The van der Waals surface area contributed by atoms with E-state index in [-0.39, 0.29) is 20.1 Å². The number of rotatable bonds is 3. The summed E-state index contributed by atoms with van der Waals surface area (Å²) in [6.45, 7) is 3.75. The average Bonchev–Trinajstić information content (AvgIpc) is 3.87. The zero-order valence-electron chi connectivity index (χ0n) is 33.9. The van der Waals surface area contributed by atoms with Gasteiger partial charge in [0.2, 0.25) is 0 Å². The van der Waals surface area contributed by atoms with Crippen molar-refractivity contribution in [2.75, 3.05) is 0 Å². The molecule has 0 bridgehead atoms. The van der Waals surface area contributed by atoms with E-state index in [0.717, 1.165) is 82.9 Å². The molecule has 0 N–H and O–H groups in total. The van der Waals surface area contributed by atoms with Gasteiger partial charge in [0, 0.05) is 49.3 Å². The summed E-state index contributed by atoms with van der Waals surface area (Å²) in [7, 11) is 0. The predicted octanol–water partition coefficient (Wildman–Crippen LogP) is 14.7. The Morgan fingerprint density at radius 2 is 1.23 bits per heavy atom. The van der Waals surface area contributed by atoms with Gasteiger partial charge in [-0.05, 0) is 74.2 Å². The van der Waals surface area contributed by atoms with E-state index in [4.69, 9.17) is 10.8 Å². The maximum absolute atomic E-state index is 7.99. The van der Waals surface area contributed by atoms with Gasteiger partial charge in [-0.15, -0.1) is 54.1 Å². The molecular formula is C55H37IrN3O-2. The van der Waals surface area contributed by atoms with Crippen molar-refractivity contribution in [3.05, 3.63) is 200 Å². The Kier molecular flexibility index (Phi) is 9.26. The Morgan fingerprint density at radius 3 is 1.97 bits per heavy atom. The van der Waals surface area contributed by atoms with Crippen molar-refractivity contribution >= 4 is 81.6 Å². The summed E-state index contributed by atoms with van der Waals surface area (Å²) in [4.78, 5) is 9.65. The number of benzene rings is 8. The van der Waals surface area contributed by atoms with Crippen LogP contribution in [0.25, 0.3) is 104 Å². The maximum atomic E-state index is 7.99. The Hall–Kier alpha value is -6.91. The summed E-state index contributed by atoms with van der Waals surface area (Å²) in [5.74, 6) is 0.220. The van der Waals surface area contributed by atoms with Crippen LogP contribution in [0, 0.1) is 12.1 Å². The Morgan fingerprint density at radius 1 is 0.583 bits per heavy atom. The Bertz CT molecular complexity index is 3660. The molecule has 4 nitrogen and oxygen atoms in total. The predicted molar refractivity (Wildman–Crippen MR) is 246 cm³/mol. The second-order valence-electron chi connectivity index (χ2n) is 15.2. The number of hydrogen-bond donors (Lipinski definition) is 0. The Balaban J connectivity index is 0.000000222. The molecule has 12 rings (SSSR count). The van der Waals surface area contributed by atoms with Crippen molar-refractivity contribution in [2.24, 2.45) is 0 Å². The van der Waals surface area contributed by atoms with Crippen LogP contribution in [0.2, 0.25) is 0 Å². The normalized spacial score (nSPS) is 11.9. The molecule has 4 aromatic heterocycles. The van der Waals surface area contributed by atoms with Crippen LogP contribution in [-0.2, 0) is 20.1 Å². The van der Waals surface area contributed by atoms with Crippen LogP contribution in [0.5, 0.6) is 0 Å². The molecule has 0 spiro atoms. The third-order valence-electron chi connectivity index (χ3n) is 11.4. The molecule has 60 heavy (non-hydrogen) atoms. The summed E-state index contributed by atoms with van der Waals surface area (Å²) < 4.78 is 17.0. The van der Waals surface area contributed by atoms with Gasteiger partial charge >= 0.3 is 0 Å². The van der Waals surface area contributed by atoms with Crippen molar-refractivity contribution < 1.29 is 25.9 Å². The minimum atomic E-state index is -0.591. The van der Waals surface area contributed by atoms with Crippen LogP contribution in [0.15, 0.2) is 187 Å². The standard InChI is InChI=1S/C41H23N2O.C14H14N.Ir/c1-2-12-26-24-38-35(23-25(26)11-1)33-19-9-20-34(40(33)44-38)41-42-36-21-10-18-32-30-16-6-4-14-28(30)27-13-3-5-15-29(27)31-17-7-8-22-37(31)43(41)39(32)36;1-11(2)13-8-9-15-14(10-13)12-6-4-3-5-7-12;/h1-19,21-24H;3-6,8-11H,1-2H3;/q2*-1;/i;11D;. The van der Waals surface area contributed by atoms with Gasteiger partial charge in [0.25, 0.3) is 0 Å². The number of furan rings is 1. The molecule has 1 radical (unpaired) electrons. The van der Waals surface area contributed by atoms with Crippen molar-refractivity contribution in [2.45, 2.75) is 19.7 Å². The molecule has 0 unspecified atom stereocenters. The fourth-order valence-electron chi connectivity index (χ4n) is 8.58. The molecule has 289 valence electrons. The van der Waals surface area contributed by atoms with E-state index < -0.39 is 5.89 Å². The zero-order valence-corrected chi connectivity index (χ0v) is 35.3. The average molecular weight is 949 g/mol. The monoisotopic (exact) mass is 949 g/mol. The number of imidazole rings is 1. The van der Waals surface area contributed by atoms with Crippen LogP contribution in [-0.4, -0.2) is 14.4 Å². The molecule has 12 aromatic rings. The summed E-state index contributed by atoms with van der Waals surface area (Å²) in [6.07, 6.45) is 1.75. The van der Waals surface area contributed by atoms with Gasteiger partial charge in [-0.1, -0.05) is 140 Å². The number of para-hydroxylation sites is 2. The molecule has 0 atom stereocenters. The summed E-state index contributed by atoms with van der Waals surface area (Å²) in [5.41, 5.74) is 8.39. The van der Waals surface area contributed by atoms with Crippen molar-refractivity contribution in [3.63, 3.8) is 0 Å². The molecule has 0 aliphatic rings. The van der Waals surface area contributed by atoms with Gasteiger partial charge in [0.1, 0.15) is 5.58 Å². The molecule has 8 aromatic carbocycles. The number of pyridine rings is 1. The van der Waals surface area contributed by atoms with Gasteiger partial charge in [-0.2, -0.15) is 0 Å². The fourth-order valence-corrected chi connectivity index (χ4v) is 8.58. The number of fused-ring (bicyclic) bond motifs is 11. The quantitative estimate of drug-likeness (QED) is 0.166. The first kappa shape index (κ1) is 36.2. The van der Waals surface area contributed by atoms with Crippen molar-refractivity contribution in [3.8, 4) is 22.6 Å². The van der Waals surface area contributed by atoms with E-state index in [0.29, 0.717) is 0 Å². The second kappa shape index (κ2) is 15.4. The number of hydrogen-bond acceptors (Lipinski definition) is 3. The molecule has 0 saturated heterocycles. The van der Waals surface area contributed by atoms with Crippen LogP contribution < -0.4 is 0 Å². The molecule has 0 aliphatic heterocycles. The largest absolute Gasteiger partial charge is 0.501 e. The van der Waals surface area contributed by atoms with Crippen LogP contribution in [0.3, 0.4) is 0 Å². The van der Waals surface area contributed by atoms with Crippen LogP contribution in [0.1, 0.15) is 26.7 Å². The molecular weight excluding hydrogens is 911 g/mol. The van der Waals surface area contributed by atoms with Gasteiger partial charge in [0.15, 0.2) is 0 Å². The van der Waals surface area contributed by atoms with E-state index >= 15 is 0 Å². The smallest absolute Gasteiger partial charge is 0.121 e. The van der Waals surface area contributed by atoms with Gasteiger partial charge in [-0.25, -0.2) is 0 Å². The van der Waals surface area contributed by atoms with Crippen molar-refractivity contribution in [1.82, 2.24) is 14.4 Å². The van der Waals surface area contributed by atoms with Crippen molar-refractivity contribution in [1.29, 1.82) is 0 Å². The van der Waals surface area contributed by atoms with Gasteiger partial charge in [-0.3, -0.25) is 4.98 Å². The maximum Gasteiger partial charge on any atom is 0.121 e. The second-order valence-corrected chi connectivity index (χ2v) is 15.2. The van der Waals surface area contributed by atoms with Gasteiger partial charge < -0.3 is 13.8 Å².